The Balaban J connectivity index is 1.52. The van der Waals surface area contributed by atoms with E-state index in [1.165, 1.54) is 0 Å². The maximum atomic E-state index is 12.7. The average molecular weight is 375 g/mol. The maximum absolute atomic E-state index is 12.7. The second-order valence-electron chi connectivity index (χ2n) is 7.27. The third-order valence-electron chi connectivity index (χ3n) is 5.22. The smallest absolute Gasteiger partial charge is 0.317 e. The second-order valence-corrected chi connectivity index (χ2v) is 7.27. The van der Waals surface area contributed by atoms with Crippen molar-refractivity contribution in [2.75, 3.05) is 19.9 Å². The van der Waals surface area contributed by atoms with Crippen molar-refractivity contribution in [1.82, 2.24) is 15.5 Å². The van der Waals surface area contributed by atoms with E-state index in [0.717, 1.165) is 37.0 Å². The van der Waals surface area contributed by atoms with Crippen molar-refractivity contribution in [2.24, 2.45) is 5.92 Å². The molecule has 1 aromatic rings. The molecule has 0 unspecified atom stereocenters. The minimum atomic E-state index is -0.133. The lowest BCUT2D eigenvalue weighted by atomic mass is 9.93. The highest BCUT2D eigenvalue weighted by Crippen LogP contribution is 2.32. The quantitative estimate of drug-likeness (QED) is 0.749. The van der Waals surface area contributed by atoms with Crippen molar-refractivity contribution in [3.63, 3.8) is 0 Å². The number of amides is 3. The molecular weight excluding hydrogens is 346 g/mol. The molecular formula is C20H29N3O4. The number of benzene rings is 1. The summed E-state index contributed by atoms with van der Waals surface area (Å²) in [6.45, 7) is 5.94. The summed E-state index contributed by atoms with van der Waals surface area (Å²) in [5.41, 5.74) is 0.950. The van der Waals surface area contributed by atoms with Crippen molar-refractivity contribution in [3.8, 4) is 11.5 Å². The number of carbonyl (C=O) groups excluding carboxylic acids is 2. The Morgan fingerprint density at radius 2 is 2.00 bits per heavy atom. The average Bonchev–Trinajstić information content (AvgIpc) is 3.14. The van der Waals surface area contributed by atoms with E-state index in [2.05, 4.69) is 17.6 Å². The number of hydrogen-bond donors (Lipinski definition) is 2. The number of urea groups is 1. The van der Waals surface area contributed by atoms with Crippen LogP contribution < -0.4 is 20.1 Å². The van der Waals surface area contributed by atoms with Crippen molar-refractivity contribution >= 4 is 11.9 Å². The predicted molar refractivity (Wildman–Crippen MR) is 102 cm³/mol. The number of fused-ring (bicyclic) bond motifs is 1. The summed E-state index contributed by atoms with van der Waals surface area (Å²) in [7, 11) is 0. The van der Waals surface area contributed by atoms with Gasteiger partial charge in [0.05, 0.1) is 5.92 Å². The molecule has 148 valence electrons. The number of rotatable bonds is 6. The van der Waals surface area contributed by atoms with Crippen LogP contribution >= 0.6 is 0 Å². The summed E-state index contributed by atoms with van der Waals surface area (Å²) in [5, 5.41) is 5.95. The zero-order valence-electron chi connectivity index (χ0n) is 16.1. The highest BCUT2D eigenvalue weighted by atomic mass is 16.7. The number of hydrogen-bond acceptors (Lipinski definition) is 4. The molecule has 1 fully saturated rings. The van der Waals surface area contributed by atoms with Gasteiger partial charge in [0, 0.05) is 25.7 Å². The van der Waals surface area contributed by atoms with Gasteiger partial charge in [0.25, 0.3) is 0 Å². The molecule has 2 aliphatic rings. The van der Waals surface area contributed by atoms with E-state index >= 15 is 0 Å². The minimum absolute atomic E-state index is 0.0592. The van der Waals surface area contributed by atoms with E-state index in [1.807, 2.05) is 25.1 Å². The molecule has 2 heterocycles. The summed E-state index contributed by atoms with van der Waals surface area (Å²) < 4.78 is 10.7. The van der Waals surface area contributed by atoms with Crippen molar-refractivity contribution in [1.29, 1.82) is 0 Å². The molecule has 2 N–H and O–H groups in total. The van der Waals surface area contributed by atoms with Gasteiger partial charge in [0.1, 0.15) is 0 Å². The first-order valence-electron chi connectivity index (χ1n) is 9.79. The maximum Gasteiger partial charge on any atom is 0.317 e. The Kier molecular flexibility index (Phi) is 6.42. The zero-order chi connectivity index (χ0) is 19.2. The van der Waals surface area contributed by atoms with E-state index in [4.69, 9.17) is 9.47 Å². The number of carbonyl (C=O) groups is 2. The molecule has 0 saturated carbocycles. The van der Waals surface area contributed by atoms with Crippen LogP contribution in [-0.2, 0) is 11.3 Å². The van der Waals surface area contributed by atoms with E-state index in [1.54, 1.807) is 4.90 Å². The van der Waals surface area contributed by atoms with Crippen molar-refractivity contribution < 1.29 is 19.1 Å². The molecule has 1 aromatic carbocycles. The Labute approximate surface area is 160 Å². The summed E-state index contributed by atoms with van der Waals surface area (Å²) in [5.74, 6) is 1.36. The number of ether oxygens (including phenoxy) is 2. The summed E-state index contributed by atoms with van der Waals surface area (Å²) in [6, 6.07) is 5.64. The second kappa shape index (κ2) is 8.97. The predicted octanol–water partition coefficient (Wildman–Crippen LogP) is 2.64. The molecule has 3 amide bonds. The van der Waals surface area contributed by atoms with E-state index in [0.29, 0.717) is 25.4 Å². The number of piperidine rings is 1. The van der Waals surface area contributed by atoms with E-state index in [-0.39, 0.29) is 30.7 Å². The van der Waals surface area contributed by atoms with Gasteiger partial charge in [-0.3, -0.25) is 4.79 Å². The molecule has 0 aliphatic carbocycles. The van der Waals surface area contributed by atoms with Crippen LogP contribution in [0.15, 0.2) is 18.2 Å². The summed E-state index contributed by atoms with van der Waals surface area (Å²) >= 11 is 0. The van der Waals surface area contributed by atoms with E-state index in [9.17, 15) is 9.59 Å². The first-order valence-corrected chi connectivity index (χ1v) is 9.79. The van der Waals surface area contributed by atoms with Gasteiger partial charge in [-0.25, -0.2) is 4.79 Å². The van der Waals surface area contributed by atoms with Gasteiger partial charge in [-0.1, -0.05) is 19.4 Å². The first-order chi connectivity index (χ1) is 13.1. The third-order valence-corrected chi connectivity index (χ3v) is 5.22. The molecule has 0 radical (unpaired) electrons. The Bertz CT molecular complexity index is 679. The highest BCUT2D eigenvalue weighted by Gasteiger charge is 2.32. The van der Waals surface area contributed by atoms with Crippen LogP contribution in [0.2, 0.25) is 0 Å². The largest absolute Gasteiger partial charge is 0.454 e. The van der Waals surface area contributed by atoms with Gasteiger partial charge in [0.2, 0.25) is 12.7 Å². The lowest BCUT2D eigenvalue weighted by molar-refractivity contribution is -0.126. The monoisotopic (exact) mass is 375 g/mol. The fourth-order valence-corrected chi connectivity index (χ4v) is 3.47. The SMILES string of the molecule is CCCCNC(=O)[C@H]1CC[C@H](C)N(C(=O)NCc2ccc3c(c2)OCO3)C1. The van der Waals surface area contributed by atoms with Gasteiger partial charge in [-0.2, -0.15) is 0 Å². The molecule has 1 saturated heterocycles. The molecule has 0 aromatic heterocycles. The van der Waals surface area contributed by atoms with Crippen molar-refractivity contribution in [3.05, 3.63) is 23.8 Å². The molecule has 0 spiro atoms. The standard InChI is InChI=1S/C20H29N3O4/c1-3-4-9-21-19(24)16-7-5-14(2)23(12-16)20(25)22-11-15-6-8-17-18(10-15)27-13-26-17/h6,8,10,14,16H,3-5,7,9,11-13H2,1-2H3,(H,21,24)(H,22,25)/t14-,16-/m0/s1. The fraction of sp³-hybridized carbons (Fsp3) is 0.600. The Morgan fingerprint density at radius 1 is 1.19 bits per heavy atom. The topological polar surface area (TPSA) is 79.9 Å². The van der Waals surface area contributed by atoms with Crippen LogP contribution in [0, 0.1) is 5.92 Å². The molecule has 7 heteroatoms. The molecule has 2 aliphatic heterocycles. The fourth-order valence-electron chi connectivity index (χ4n) is 3.47. The van der Waals surface area contributed by atoms with Gasteiger partial charge in [0.15, 0.2) is 11.5 Å². The summed E-state index contributed by atoms with van der Waals surface area (Å²) in [6.07, 6.45) is 3.69. The Morgan fingerprint density at radius 3 is 2.81 bits per heavy atom. The zero-order valence-corrected chi connectivity index (χ0v) is 16.1. The summed E-state index contributed by atoms with van der Waals surface area (Å²) in [4.78, 5) is 26.8. The van der Waals surface area contributed by atoms with Crippen LogP contribution in [0.3, 0.4) is 0 Å². The van der Waals surface area contributed by atoms with Gasteiger partial charge in [-0.15, -0.1) is 0 Å². The number of unbranched alkanes of at least 4 members (excludes halogenated alkanes) is 1. The van der Waals surface area contributed by atoms with Gasteiger partial charge in [-0.05, 0) is 43.9 Å². The van der Waals surface area contributed by atoms with Gasteiger partial charge >= 0.3 is 6.03 Å². The molecule has 27 heavy (non-hydrogen) atoms. The first kappa shape index (κ1) is 19.3. The Hall–Kier alpha value is -2.44. The lowest BCUT2D eigenvalue weighted by Crippen LogP contribution is -2.52. The number of likely N-dealkylation sites (tertiary alicyclic amines) is 1. The van der Waals surface area contributed by atoms with Crippen LogP contribution in [0.1, 0.15) is 45.1 Å². The molecule has 0 bridgehead atoms. The normalized spacial score (nSPS) is 21.0. The van der Waals surface area contributed by atoms with Gasteiger partial charge < -0.3 is 25.0 Å². The molecule has 2 atom stereocenters. The number of nitrogens with zero attached hydrogens (tertiary/aromatic N) is 1. The van der Waals surface area contributed by atoms with Crippen LogP contribution in [0.5, 0.6) is 11.5 Å². The van der Waals surface area contributed by atoms with Crippen LogP contribution in [0.25, 0.3) is 0 Å². The van der Waals surface area contributed by atoms with Crippen molar-refractivity contribution in [2.45, 2.75) is 52.1 Å². The highest BCUT2D eigenvalue weighted by molar-refractivity contribution is 5.81. The van der Waals surface area contributed by atoms with Crippen LogP contribution in [-0.4, -0.2) is 42.8 Å². The van der Waals surface area contributed by atoms with Crippen LogP contribution in [0.4, 0.5) is 4.79 Å². The van der Waals surface area contributed by atoms with E-state index < -0.39 is 0 Å². The molecule has 3 rings (SSSR count). The third kappa shape index (κ3) is 4.84. The molecule has 7 nitrogen and oxygen atoms in total. The number of nitrogens with one attached hydrogen (secondary N) is 2. The lowest BCUT2D eigenvalue weighted by Gasteiger charge is -2.37. The minimum Gasteiger partial charge on any atom is -0.454 e.